The highest BCUT2D eigenvalue weighted by molar-refractivity contribution is 6.24. The maximum atomic E-state index is 15.0. The van der Waals surface area contributed by atoms with Crippen molar-refractivity contribution in [2.75, 3.05) is 0 Å². The Morgan fingerprint density at radius 1 is 0.776 bits per heavy atom. The summed E-state index contributed by atoms with van der Waals surface area (Å²) >= 11 is 0. The highest BCUT2D eigenvalue weighted by Gasteiger charge is 2.77. The van der Waals surface area contributed by atoms with Gasteiger partial charge in [0.25, 0.3) is 0 Å². The van der Waals surface area contributed by atoms with Gasteiger partial charge in [0.1, 0.15) is 11.4 Å². The Balaban J connectivity index is 1.75. The number of hydrogen-bond acceptors (Lipinski definition) is 6. The monoisotopic (exact) mass is 670 g/mol. The van der Waals surface area contributed by atoms with Crippen LogP contribution < -0.4 is 0 Å². The number of ketones is 2. The molecule has 0 radical (unpaired) electrons. The van der Waals surface area contributed by atoms with Crippen molar-refractivity contribution in [2.24, 2.45) is 17.3 Å². The minimum absolute atomic E-state index is 0.186. The number of rotatable bonds is 14. The number of aliphatic hydroxyl groups excluding tert-OH is 1. The zero-order valence-electron chi connectivity index (χ0n) is 31.2. The number of fused-ring (bicyclic) bond motifs is 1. The molecule has 1 saturated heterocycles. The largest absolute Gasteiger partial charge is 0.507 e. The number of carbonyl (C=O) groups excluding carboxylic acids is 2. The number of ether oxygens (including phenoxy) is 1. The van der Waals surface area contributed by atoms with Gasteiger partial charge in [0.15, 0.2) is 23.1 Å². The molecule has 4 fully saturated rings. The lowest BCUT2D eigenvalue weighted by Crippen LogP contribution is -2.66. The minimum Gasteiger partial charge on any atom is -0.507 e. The fraction of sp³-hybridized carbons (Fsp3) is 0.535. The molecule has 49 heavy (non-hydrogen) atoms. The van der Waals surface area contributed by atoms with E-state index in [1.165, 1.54) is 34.9 Å². The molecule has 3 aliphatic carbocycles. The van der Waals surface area contributed by atoms with Gasteiger partial charge in [-0.2, -0.15) is 0 Å². The molecule has 3 saturated carbocycles. The van der Waals surface area contributed by atoms with E-state index in [1.54, 1.807) is 0 Å². The van der Waals surface area contributed by atoms with Gasteiger partial charge in [-0.1, -0.05) is 58.2 Å². The number of aliphatic hydroxyl groups is 1. The van der Waals surface area contributed by atoms with Crippen molar-refractivity contribution >= 4 is 17.3 Å². The molecule has 4 aliphatic rings. The number of hydrogen-bond donors (Lipinski definition) is 3. The quantitative estimate of drug-likeness (QED) is 0.0598. The SMILES string of the molecule is CC(C)=CCCC(C)=CCCC(C)=CC[C@]12C[C@@H]3[C@H](C(=C(O)c4ccc(O)c(O)c4)C1=O)[C@@](CC=C(C)CCC=C(C)C)(OC3(C)C)C2=O. The summed E-state index contributed by atoms with van der Waals surface area (Å²) in [5, 5.41) is 32.1. The third kappa shape index (κ3) is 7.90. The topological polar surface area (TPSA) is 104 Å². The zero-order chi connectivity index (χ0) is 36.3. The summed E-state index contributed by atoms with van der Waals surface area (Å²) in [4.78, 5) is 29.7. The third-order valence-electron chi connectivity index (χ3n) is 10.9. The first-order chi connectivity index (χ1) is 22.9. The molecule has 0 spiro atoms. The number of phenols is 2. The first-order valence-corrected chi connectivity index (χ1v) is 17.9. The van der Waals surface area contributed by atoms with Gasteiger partial charge in [-0.3, -0.25) is 9.59 Å². The maximum Gasteiger partial charge on any atom is 0.179 e. The second-order valence-corrected chi connectivity index (χ2v) is 15.8. The number of allylic oxidation sites excluding steroid dienone is 9. The first-order valence-electron chi connectivity index (χ1n) is 17.9. The summed E-state index contributed by atoms with van der Waals surface area (Å²) in [5.74, 6) is -2.36. The number of benzene rings is 1. The zero-order valence-corrected chi connectivity index (χ0v) is 31.2. The molecule has 0 unspecified atom stereocenters. The van der Waals surface area contributed by atoms with Crippen molar-refractivity contribution in [3.8, 4) is 11.5 Å². The molecule has 4 bridgehead atoms. The Labute approximate surface area is 294 Å². The molecule has 1 aromatic carbocycles. The second kappa shape index (κ2) is 15.1. The molecule has 4 atom stereocenters. The Bertz CT molecular complexity index is 1640. The van der Waals surface area contributed by atoms with Crippen LogP contribution >= 0.6 is 0 Å². The van der Waals surface area contributed by atoms with Crippen LogP contribution in [0.25, 0.3) is 5.76 Å². The van der Waals surface area contributed by atoms with Gasteiger partial charge in [-0.15, -0.1) is 0 Å². The van der Waals surface area contributed by atoms with Crippen LogP contribution in [0, 0.1) is 17.3 Å². The van der Waals surface area contributed by atoms with E-state index in [-0.39, 0.29) is 46.6 Å². The molecule has 1 heterocycles. The second-order valence-electron chi connectivity index (χ2n) is 15.8. The Morgan fingerprint density at radius 3 is 1.86 bits per heavy atom. The van der Waals surface area contributed by atoms with Crippen LogP contribution in [0.3, 0.4) is 0 Å². The summed E-state index contributed by atoms with van der Waals surface area (Å²) in [6.45, 7) is 18.7. The van der Waals surface area contributed by atoms with Gasteiger partial charge >= 0.3 is 0 Å². The average molecular weight is 671 g/mol. The molecule has 6 heteroatoms. The van der Waals surface area contributed by atoms with Crippen LogP contribution in [-0.2, 0) is 14.3 Å². The number of phenolic OH excluding ortho intramolecular Hbond substituents is 2. The van der Waals surface area contributed by atoms with E-state index in [9.17, 15) is 24.9 Å². The normalized spacial score (nSPS) is 27.4. The number of aromatic hydroxyl groups is 2. The summed E-state index contributed by atoms with van der Waals surface area (Å²) in [6, 6.07) is 4.03. The van der Waals surface area contributed by atoms with Gasteiger partial charge in [0.2, 0.25) is 0 Å². The molecular formula is C43H58O6. The summed E-state index contributed by atoms with van der Waals surface area (Å²) in [5.41, 5.74) is 3.20. The Morgan fingerprint density at radius 2 is 1.31 bits per heavy atom. The van der Waals surface area contributed by atoms with Crippen LogP contribution in [0.15, 0.2) is 82.0 Å². The Kier molecular flexibility index (Phi) is 11.7. The van der Waals surface area contributed by atoms with Gasteiger partial charge < -0.3 is 20.1 Å². The van der Waals surface area contributed by atoms with Crippen LogP contribution in [0.5, 0.6) is 11.5 Å². The summed E-state index contributed by atoms with van der Waals surface area (Å²) in [7, 11) is 0. The lowest BCUT2D eigenvalue weighted by molar-refractivity contribution is -0.169. The van der Waals surface area contributed by atoms with Crippen molar-refractivity contribution in [1.82, 2.24) is 0 Å². The van der Waals surface area contributed by atoms with E-state index in [2.05, 4.69) is 78.8 Å². The Hall–Kier alpha value is -3.64. The molecule has 5 rings (SSSR count). The van der Waals surface area contributed by atoms with Crippen LogP contribution in [0.1, 0.15) is 126 Å². The van der Waals surface area contributed by atoms with Gasteiger partial charge in [0.05, 0.1) is 11.0 Å². The minimum atomic E-state index is -1.38. The van der Waals surface area contributed by atoms with Gasteiger partial charge in [0, 0.05) is 23.5 Å². The van der Waals surface area contributed by atoms with E-state index in [0.29, 0.717) is 12.8 Å². The van der Waals surface area contributed by atoms with Crippen LogP contribution in [0.2, 0.25) is 0 Å². The van der Waals surface area contributed by atoms with E-state index >= 15 is 0 Å². The molecule has 6 nitrogen and oxygen atoms in total. The molecular weight excluding hydrogens is 612 g/mol. The fourth-order valence-electron chi connectivity index (χ4n) is 8.10. The van der Waals surface area contributed by atoms with Crippen molar-refractivity contribution in [2.45, 2.75) is 131 Å². The van der Waals surface area contributed by atoms with Crippen molar-refractivity contribution < 1.29 is 29.6 Å². The van der Waals surface area contributed by atoms with E-state index in [1.807, 2.05) is 13.8 Å². The lowest BCUT2D eigenvalue weighted by Gasteiger charge is -2.53. The number of carbonyl (C=O) groups is 2. The van der Waals surface area contributed by atoms with Gasteiger partial charge in [-0.05, 0) is 138 Å². The smallest absolute Gasteiger partial charge is 0.179 e. The van der Waals surface area contributed by atoms with Gasteiger partial charge in [-0.25, -0.2) is 0 Å². The average Bonchev–Trinajstić information content (AvgIpc) is 3.21. The summed E-state index contributed by atoms with van der Waals surface area (Å²) in [6.07, 6.45) is 17.3. The molecule has 0 amide bonds. The van der Waals surface area contributed by atoms with Crippen LogP contribution in [0.4, 0.5) is 0 Å². The van der Waals surface area contributed by atoms with Crippen molar-refractivity contribution in [3.05, 3.63) is 87.6 Å². The molecule has 1 aliphatic heterocycles. The summed E-state index contributed by atoms with van der Waals surface area (Å²) < 4.78 is 6.85. The molecule has 1 aromatic rings. The fourth-order valence-corrected chi connectivity index (χ4v) is 8.10. The molecule has 3 N–H and O–H groups in total. The predicted octanol–water partition coefficient (Wildman–Crippen LogP) is 10.6. The van der Waals surface area contributed by atoms with E-state index < -0.39 is 28.3 Å². The molecule has 266 valence electrons. The highest BCUT2D eigenvalue weighted by Crippen LogP contribution is 2.68. The van der Waals surface area contributed by atoms with E-state index in [0.717, 1.165) is 49.7 Å². The predicted molar refractivity (Wildman–Crippen MR) is 198 cm³/mol. The third-order valence-corrected chi connectivity index (χ3v) is 10.9. The van der Waals surface area contributed by atoms with E-state index in [4.69, 9.17) is 4.74 Å². The highest BCUT2D eigenvalue weighted by atomic mass is 16.5. The number of Topliss-reactive ketones (excluding diaryl/α,β-unsaturated/α-hetero) is 2. The standard InChI is InChI=1S/C43H58O6/c1-27(2)13-10-15-29(5)17-12-18-30(6)21-23-42-26-33-37(36(39(42)47)38(46)32-19-20-34(44)35(45)25-32)43(40(42)48,49-41(33,8)9)24-22-31(7)16-11-14-28(3)4/h13-14,17,19-22,25,33,37,44-46H,10-12,15-16,18,23-24,26H2,1-9H3/t33-,37-,42+,43-/m1/s1. The maximum absolute atomic E-state index is 15.0. The lowest BCUT2D eigenvalue weighted by atomic mass is 9.45. The first kappa shape index (κ1) is 38.2. The van der Waals surface area contributed by atoms with Crippen molar-refractivity contribution in [3.63, 3.8) is 0 Å². The van der Waals surface area contributed by atoms with Crippen molar-refractivity contribution in [1.29, 1.82) is 0 Å². The molecule has 0 aromatic heterocycles. The van der Waals surface area contributed by atoms with Crippen LogP contribution in [-0.4, -0.2) is 38.1 Å².